The van der Waals surface area contributed by atoms with Crippen LogP contribution < -0.4 is 5.32 Å². The van der Waals surface area contributed by atoms with E-state index in [-0.39, 0.29) is 0 Å². The Labute approximate surface area is 123 Å². The van der Waals surface area contributed by atoms with Crippen LogP contribution in [0.15, 0.2) is 18.3 Å². The number of aromatic nitrogens is 1. The van der Waals surface area contributed by atoms with Crippen LogP contribution >= 0.6 is 0 Å². The molecular weight excluding hydrogens is 246 g/mol. The minimum atomic E-state index is 0.566. The zero-order chi connectivity index (χ0) is 14.4. The quantitative estimate of drug-likeness (QED) is 0.865. The molecule has 2 rings (SSSR count). The standard InChI is InChI=1S/C17H29N3/c1-4-15-8-6-10-18-17(15)12-19-14(3)16-9-7-11-20(5-2)13-16/h6,8,10,14,16,19H,4-5,7,9,11-13H2,1-3H3. The van der Waals surface area contributed by atoms with Crippen molar-refractivity contribution in [3.05, 3.63) is 29.6 Å². The van der Waals surface area contributed by atoms with Gasteiger partial charge in [0.25, 0.3) is 0 Å². The first-order chi connectivity index (χ1) is 9.74. The number of hydrogen-bond acceptors (Lipinski definition) is 3. The van der Waals surface area contributed by atoms with E-state index in [1.54, 1.807) is 0 Å². The molecule has 0 spiro atoms. The monoisotopic (exact) mass is 275 g/mol. The third kappa shape index (κ3) is 4.03. The molecule has 1 aliphatic rings. The van der Waals surface area contributed by atoms with Crippen molar-refractivity contribution in [3.8, 4) is 0 Å². The van der Waals surface area contributed by atoms with E-state index in [0.717, 1.165) is 18.9 Å². The van der Waals surface area contributed by atoms with E-state index in [1.807, 2.05) is 12.3 Å². The molecule has 1 N–H and O–H groups in total. The van der Waals surface area contributed by atoms with Crippen LogP contribution in [0.5, 0.6) is 0 Å². The number of rotatable bonds is 6. The Morgan fingerprint density at radius 1 is 1.45 bits per heavy atom. The fourth-order valence-corrected chi connectivity index (χ4v) is 3.16. The van der Waals surface area contributed by atoms with Crippen molar-refractivity contribution in [2.45, 2.75) is 52.6 Å². The van der Waals surface area contributed by atoms with Gasteiger partial charge in [0.1, 0.15) is 0 Å². The summed E-state index contributed by atoms with van der Waals surface area (Å²) in [5, 5.41) is 3.70. The second-order valence-electron chi connectivity index (χ2n) is 5.93. The van der Waals surface area contributed by atoms with Gasteiger partial charge in [-0.2, -0.15) is 0 Å². The predicted octanol–water partition coefficient (Wildman–Crippen LogP) is 2.85. The Morgan fingerprint density at radius 3 is 3.05 bits per heavy atom. The molecule has 0 saturated carbocycles. The van der Waals surface area contributed by atoms with Crippen LogP contribution in [0.3, 0.4) is 0 Å². The molecular formula is C17H29N3. The minimum Gasteiger partial charge on any atom is -0.308 e. The maximum absolute atomic E-state index is 4.52. The van der Waals surface area contributed by atoms with Crippen molar-refractivity contribution in [2.24, 2.45) is 5.92 Å². The number of nitrogens with zero attached hydrogens (tertiary/aromatic N) is 2. The molecule has 2 atom stereocenters. The molecule has 0 amide bonds. The van der Waals surface area contributed by atoms with Crippen molar-refractivity contribution in [1.29, 1.82) is 0 Å². The van der Waals surface area contributed by atoms with E-state index in [1.165, 1.54) is 43.7 Å². The summed E-state index contributed by atoms with van der Waals surface area (Å²) in [5.41, 5.74) is 2.58. The highest BCUT2D eigenvalue weighted by Gasteiger charge is 2.23. The predicted molar refractivity (Wildman–Crippen MR) is 84.8 cm³/mol. The minimum absolute atomic E-state index is 0.566. The molecule has 2 heterocycles. The Morgan fingerprint density at radius 2 is 2.30 bits per heavy atom. The highest BCUT2D eigenvalue weighted by molar-refractivity contribution is 5.19. The average Bonchev–Trinajstić information content (AvgIpc) is 2.52. The Kier molecular flexibility index (Phi) is 5.99. The summed E-state index contributed by atoms with van der Waals surface area (Å²) in [6, 6.07) is 4.79. The lowest BCUT2D eigenvalue weighted by Crippen LogP contribution is -2.44. The van der Waals surface area contributed by atoms with Crippen LogP contribution in [0.4, 0.5) is 0 Å². The average molecular weight is 275 g/mol. The third-order valence-corrected chi connectivity index (χ3v) is 4.65. The fourth-order valence-electron chi connectivity index (χ4n) is 3.16. The van der Waals surface area contributed by atoms with Gasteiger partial charge in [0, 0.05) is 25.3 Å². The van der Waals surface area contributed by atoms with Crippen molar-refractivity contribution in [1.82, 2.24) is 15.2 Å². The first-order valence-corrected chi connectivity index (χ1v) is 8.13. The van der Waals surface area contributed by atoms with Crippen LogP contribution in [0, 0.1) is 5.92 Å². The highest BCUT2D eigenvalue weighted by atomic mass is 15.1. The lowest BCUT2D eigenvalue weighted by atomic mass is 9.91. The van der Waals surface area contributed by atoms with Crippen molar-refractivity contribution < 1.29 is 0 Å². The normalized spacial score (nSPS) is 21.9. The first-order valence-electron chi connectivity index (χ1n) is 8.13. The SMILES string of the molecule is CCc1cccnc1CNC(C)C1CCCN(CC)C1. The maximum Gasteiger partial charge on any atom is 0.0573 e. The maximum atomic E-state index is 4.52. The third-order valence-electron chi connectivity index (χ3n) is 4.65. The molecule has 0 radical (unpaired) electrons. The van der Waals surface area contributed by atoms with Gasteiger partial charge >= 0.3 is 0 Å². The number of pyridine rings is 1. The Balaban J connectivity index is 1.86. The van der Waals surface area contributed by atoms with Gasteiger partial charge in [0.05, 0.1) is 5.69 Å². The topological polar surface area (TPSA) is 28.2 Å². The van der Waals surface area contributed by atoms with Crippen LogP contribution in [0.25, 0.3) is 0 Å². The van der Waals surface area contributed by atoms with Gasteiger partial charge in [-0.05, 0) is 56.8 Å². The summed E-state index contributed by atoms with van der Waals surface area (Å²) in [6.07, 6.45) is 5.66. The zero-order valence-electron chi connectivity index (χ0n) is 13.2. The van der Waals surface area contributed by atoms with Gasteiger partial charge in [-0.25, -0.2) is 0 Å². The number of likely N-dealkylation sites (tertiary alicyclic amines) is 1. The van der Waals surface area contributed by atoms with Gasteiger partial charge in [-0.15, -0.1) is 0 Å². The number of piperidine rings is 1. The van der Waals surface area contributed by atoms with Gasteiger partial charge in [-0.3, -0.25) is 4.98 Å². The summed E-state index contributed by atoms with van der Waals surface area (Å²) in [6.45, 7) is 11.4. The van der Waals surface area contributed by atoms with Crippen LogP contribution in [0.1, 0.15) is 44.9 Å². The lowest BCUT2D eigenvalue weighted by molar-refractivity contribution is 0.156. The van der Waals surface area contributed by atoms with Gasteiger partial charge in [0.15, 0.2) is 0 Å². The Hall–Kier alpha value is -0.930. The lowest BCUT2D eigenvalue weighted by Gasteiger charge is -2.35. The molecule has 1 fully saturated rings. The summed E-state index contributed by atoms with van der Waals surface area (Å²) < 4.78 is 0. The molecule has 1 aliphatic heterocycles. The van der Waals surface area contributed by atoms with Crippen molar-refractivity contribution in [3.63, 3.8) is 0 Å². The van der Waals surface area contributed by atoms with E-state index < -0.39 is 0 Å². The van der Waals surface area contributed by atoms with Crippen molar-refractivity contribution in [2.75, 3.05) is 19.6 Å². The van der Waals surface area contributed by atoms with Gasteiger partial charge < -0.3 is 10.2 Å². The van der Waals surface area contributed by atoms with Crippen LogP contribution in [0.2, 0.25) is 0 Å². The molecule has 0 aliphatic carbocycles. The summed E-state index contributed by atoms with van der Waals surface area (Å²) in [5.74, 6) is 0.775. The zero-order valence-corrected chi connectivity index (χ0v) is 13.2. The second-order valence-corrected chi connectivity index (χ2v) is 5.93. The number of hydrogen-bond donors (Lipinski definition) is 1. The van der Waals surface area contributed by atoms with Crippen molar-refractivity contribution >= 4 is 0 Å². The largest absolute Gasteiger partial charge is 0.308 e. The fraction of sp³-hybridized carbons (Fsp3) is 0.706. The molecule has 112 valence electrons. The molecule has 0 bridgehead atoms. The van der Waals surface area contributed by atoms with E-state index in [9.17, 15) is 0 Å². The molecule has 0 aromatic carbocycles. The Bertz CT molecular complexity index is 405. The molecule has 1 saturated heterocycles. The molecule has 1 aromatic heterocycles. The summed E-state index contributed by atoms with van der Waals surface area (Å²) in [4.78, 5) is 7.10. The summed E-state index contributed by atoms with van der Waals surface area (Å²) >= 11 is 0. The van der Waals surface area contributed by atoms with Gasteiger partial charge in [0.2, 0.25) is 0 Å². The van der Waals surface area contributed by atoms with E-state index in [4.69, 9.17) is 0 Å². The van der Waals surface area contributed by atoms with Crippen LogP contribution in [-0.4, -0.2) is 35.6 Å². The smallest absolute Gasteiger partial charge is 0.0573 e. The van der Waals surface area contributed by atoms with E-state index >= 15 is 0 Å². The molecule has 20 heavy (non-hydrogen) atoms. The number of nitrogens with one attached hydrogen (secondary N) is 1. The van der Waals surface area contributed by atoms with E-state index in [0.29, 0.717) is 6.04 Å². The van der Waals surface area contributed by atoms with Crippen LogP contribution in [-0.2, 0) is 13.0 Å². The first kappa shape index (κ1) is 15.5. The van der Waals surface area contributed by atoms with E-state index in [2.05, 4.69) is 42.0 Å². The molecule has 2 unspecified atom stereocenters. The molecule has 1 aromatic rings. The molecule has 3 heteroatoms. The van der Waals surface area contributed by atoms with Gasteiger partial charge in [-0.1, -0.05) is 19.9 Å². The number of aryl methyl sites for hydroxylation is 1. The molecule has 3 nitrogen and oxygen atoms in total. The summed E-state index contributed by atoms with van der Waals surface area (Å²) in [7, 11) is 0. The highest BCUT2D eigenvalue weighted by Crippen LogP contribution is 2.20. The second kappa shape index (κ2) is 7.75.